The lowest BCUT2D eigenvalue weighted by molar-refractivity contribution is -0.130. The molecule has 2 amide bonds. The molecular formula is C18H18ClN5O2. The molecule has 0 saturated carbocycles. The fraction of sp³-hybridized carbons (Fsp3) is 0.222. The largest absolute Gasteiger partial charge is 0.382 e. The molecule has 7 nitrogen and oxygen atoms in total. The summed E-state index contributed by atoms with van der Waals surface area (Å²) >= 11 is 6.01. The van der Waals surface area contributed by atoms with Crippen LogP contribution in [0, 0.1) is 0 Å². The van der Waals surface area contributed by atoms with Crippen LogP contribution in [-0.4, -0.2) is 34.6 Å². The predicted octanol–water partition coefficient (Wildman–Crippen LogP) is 2.45. The molecular weight excluding hydrogens is 354 g/mol. The first kappa shape index (κ1) is 17.9. The van der Waals surface area contributed by atoms with E-state index in [1.54, 1.807) is 12.3 Å². The highest BCUT2D eigenvalue weighted by Crippen LogP contribution is 2.21. The Hall–Kier alpha value is -2.93. The second-order valence-electron chi connectivity index (χ2n) is 6.00. The number of hydrogen-bond acceptors (Lipinski definition) is 5. The van der Waals surface area contributed by atoms with E-state index in [9.17, 15) is 9.59 Å². The topological polar surface area (TPSA) is 101 Å². The number of nitrogens with two attached hydrogens (primary N) is 1. The van der Waals surface area contributed by atoms with Crippen LogP contribution in [0.4, 0.5) is 11.5 Å². The van der Waals surface area contributed by atoms with Gasteiger partial charge in [-0.3, -0.25) is 9.59 Å². The zero-order chi connectivity index (χ0) is 18.7. The van der Waals surface area contributed by atoms with E-state index in [0.29, 0.717) is 23.6 Å². The van der Waals surface area contributed by atoms with E-state index in [1.807, 2.05) is 24.3 Å². The Morgan fingerprint density at radius 3 is 2.85 bits per heavy atom. The molecule has 0 saturated heterocycles. The smallest absolute Gasteiger partial charge is 0.271 e. The van der Waals surface area contributed by atoms with Crippen molar-refractivity contribution >= 4 is 40.6 Å². The molecule has 1 aromatic carbocycles. The third-order valence-corrected chi connectivity index (χ3v) is 4.23. The maximum absolute atomic E-state index is 12.4. The summed E-state index contributed by atoms with van der Waals surface area (Å²) in [4.78, 5) is 28.0. The van der Waals surface area contributed by atoms with Crippen molar-refractivity contribution in [2.45, 2.75) is 19.3 Å². The highest BCUT2D eigenvalue weighted by Gasteiger charge is 2.22. The Balaban J connectivity index is 1.76. The average Bonchev–Trinajstić information content (AvgIpc) is 2.60. The number of carbonyl (C=O) groups excluding carboxylic acids is 2. The molecule has 134 valence electrons. The molecule has 0 spiro atoms. The van der Waals surface area contributed by atoms with Crippen molar-refractivity contribution in [1.29, 1.82) is 0 Å². The lowest BCUT2D eigenvalue weighted by Gasteiger charge is -2.19. The maximum Gasteiger partial charge on any atom is 0.271 e. The minimum absolute atomic E-state index is 0.119. The number of benzene rings is 1. The van der Waals surface area contributed by atoms with Crippen molar-refractivity contribution in [2.24, 2.45) is 5.10 Å². The summed E-state index contributed by atoms with van der Waals surface area (Å²) in [6.45, 7) is 0. The molecule has 1 aliphatic rings. The van der Waals surface area contributed by atoms with Gasteiger partial charge in [-0.05, 0) is 35.7 Å². The van der Waals surface area contributed by atoms with Gasteiger partial charge in [-0.2, -0.15) is 5.10 Å². The lowest BCUT2D eigenvalue weighted by atomic mass is 10.1. The zero-order valence-corrected chi connectivity index (χ0v) is 15.0. The van der Waals surface area contributed by atoms with Crippen molar-refractivity contribution < 1.29 is 9.59 Å². The van der Waals surface area contributed by atoms with Crippen LogP contribution in [0.5, 0.6) is 0 Å². The van der Waals surface area contributed by atoms with Gasteiger partial charge < -0.3 is 11.1 Å². The van der Waals surface area contributed by atoms with Crippen molar-refractivity contribution in [3.63, 3.8) is 0 Å². The molecule has 1 aliphatic heterocycles. The number of hydrogen-bond donors (Lipinski definition) is 2. The van der Waals surface area contributed by atoms with Crippen molar-refractivity contribution in [3.8, 4) is 0 Å². The van der Waals surface area contributed by atoms with Gasteiger partial charge >= 0.3 is 0 Å². The normalized spacial score (nSPS) is 14.2. The van der Waals surface area contributed by atoms with E-state index in [-0.39, 0.29) is 23.9 Å². The summed E-state index contributed by atoms with van der Waals surface area (Å²) in [6.07, 6.45) is 2.82. The highest BCUT2D eigenvalue weighted by molar-refractivity contribution is 6.43. The van der Waals surface area contributed by atoms with E-state index in [4.69, 9.17) is 17.3 Å². The predicted molar refractivity (Wildman–Crippen MR) is 101 cm³/mol. The number of hydrazone groups is 1. The van der Waals surface area contributed by atoms with Crippen LogP contribution in [0.25, 0.3) is 0 Å². The van der Waals surface area contributed by atoms with Gasteiger partial charge in [-0.15, -0.1) is 0 Å². The first-order valence-electron chi connectivity index (χ1n) is 8.06. The lowest BCUT2D eigenvalue weighted by Crippen LogP contribution is -2.34. The monoisotopic (exact) mass is 371 g/mol. The molecule has 0 unspecified atom stereocenters. The standard InChI is InChI=1S/C18H18ClN5O2/c1-24-16(25)6-5-14(23-24)18(26)22-15-9-12(10-21-17(15)20)7-11-3-2-4-13(19)8-11/h2-4,8-10H,5-7H2,1H3,(H2,20,21)(H,22,26). The minimum Gasteiger partial charge on any atom is -0.382 e. The molecule has 3 rings (SSSR count). The van der Waals surface area contributed by atoms with Crippen molar-refractivity contribution in [1.82, 2.24) is 9.99 Å². The molecule has 0 fully saturated rings. The number of halogens is 1. The molecule has 0 bridgehead atoms. The number of nitrogens with zero attached hydrogens (tertiary/aromatic N) is 3. The SMILES string of the molecule is CN1N=C(C(=O)Nc2cc(Cc3cccc(Cl)c3)cnc2N)CCC1=O. The summed E-state index contributed by atoms with van der Waals surface area (Å²) in [6, 6.07) is 9.30. The quantitative estimate of drug-likeness (QED) is 0.861. The molecule has 0 radical (unpaired) electrons. The molecule has 8 heteroatoms. The highest BCUT2D eigenvalue weighted by atomic mass is 35.5. The van der Waals surface area contributed by atoms with E-state index in [1.165, 1.54) is 12.1 Å². The first-order chi connectivity index (χ1) is 12.4. The number of nitrogen functional groups attached to an aromatic ring is 1. The molecule has 2 heterocycles. The fourth-order valence-corrected chi connectivity index (χ4v) is 2.84. The van der Waals surface area contributed by atoms with E-state index in [0.717, 1.165) is 11.1 Å². The number of nitrogens with one attached hydrogen (secondary N) is 1. The Morgan fingerprint density at radius 1 is 1.31 bits per heavy atom. The van der Waals surface area contributed by atoms with E-state index >= 15 is 0 Å². The minimum atomic E-state index is -0.391. The van der Waals surface area contributed by atoms with Crippen LogP contribution in [0.2, 0.25) is 5.02 Å². The number of aromatic nitrogens is 1. The number of carbonyl (C=O) groups is 2. The Kier molecular flexibility index (Phi) is 5.18. The second kappa shape index (κ2) is 7.53. The molecule has 0 aliphatic carbocycles. The van der Waals surface area contributed by atoms with Crippen LogP contribution < -0.4 is 11.1 Å². The van der Waals surface area contributed by atoms with Crippen LogP contribution >= 0.6 is 11.6 Å². The number of anilines is 2. The average molecular weight is 372 g/mol. The summed E-state index contributed by atoms with van der Waals surface area (Å²) in [5.74, 6) is -0.293. The van der Waals surface area contributed by atoms with Gasteiger partial charge in [0, 0.05) is 31.1 Å². The van der Waals surface area contributed by atoms with Gasteiger partial charge in [0.2, 0.25) is 5.91 Å². The number of amides is 2. The summed E-state index contributed by atoms with van der Waals surface area (Å²) < 4.78 is 0. The van der Waals surface area contributed by atoms with Gasteiger partial charge in [0.25, 0.3) is 5.91 Å². The van der Waals surface area contributed by atoms with Crippen molar-refractivity contribution in [2.75, 3.05) is 18.1 Å². The molecule has 3 N–H and O–H groups in total. The van der Waals surface area contributed by atoms with E-state index in [2.05, 4.69) is 15.4 Å². The maximum atomic E-state index is 12.4. The fourth-order valence-electron chi connectivity index (χ4n) is 2.63. The second-order valence-corrected chi connectivity index (χ2v) is 6.44. The van der Waals surface area contributed by atoms with E-state index < -0.39 is 5.91 Å². The summed E-state index contributed by atoms with van der Waals surface area (Å²) in [5.41, 5.74) is 8.49. The first-order valence-corrected chi connectivity index (χ1v) is 8.44. The molecule has 0 atom stereocenters. The van der Waals surface area contributed by atoms with Gasteiger partial charge in [-0.25, -0.2) is 9.99 Å². The third-order valence-electron chi connectivity index (χ3n) is 3.99. The van der Waals surface area contributed by atoms with Gasteiger partial charge in [-0.1, -0.05) is 23.7 Å². The van der Waals surface area contributed by atoms with Crippen molar-refractivity contribution in [3.05, 3.63) is 52.7 Å². The van der Waals surface area contributed by atoms with Crippen LogP contribution in [-0.2, 0) is 16.0 Å². The summed E-state index contributed by atoms with van der Waals surface area (Å²) in [5, 5.41) is 8.57. The van der Waals surface area contributed by atoms with Gasteiger partial charge in [0.05, 0.1) is 5.69 Å². The summed E-state index contributed by atoms with van der Waals surface area (Å²) in [7, 11) is 1.52. The third kappa shape index (κ3) is 4.18. The molecule has 2 aromatic rings. The Labute approximate surface area is 155 Å². The Morgan fingerprint density at radius 2 is 2.12 bits per heavy atom. The Bertz CT molecular complexity index is 897. The van der Waals surface area contributed by atoms with Crippen LogP contribution in [0.3, 0.4) is 0 Å². The number of pyridine rings is 1. The van der Waals surface area contributed by atoms with Gasteiger partial charge in [0.15, 0.2) is 0 Å². The molecule has 26 heavy (non-hydrogen) atoms. The zero-order valence-electron chi connectivity index (χ0n) is 14.2. The van der Waals surface area contributed by atoms with Crippen LogP contribution in [0.15, 0.2) is 41.6 Å². The van der Waals surface area contributed by atoms with Crippen LogP contribution in [0.1, 0.15) is 24.0 Å². The molecule has 1 aromatic heterocycles. The number of rotatable bonds is 4. The van der Waals surface area contributed by atoms with Gasteiger partial charge in [0.1, 0.15) is 11.5 Å².